The summed E-state index contributed by atoms with van der Waals surface area (Å²) in [5, 5.41) is 0.326. The summed E-state index contributed by atoms with van der Waals surface area (Å²) in [4.78, 5) is 0.944. The molecule has 0 amide bonds. The van der Waals surface area contributed by atoms with E-state index in [2.05, 4.69) is 33.4 Å². The molecule has 3 aliphatic rings. The smallest absolute Gasteiger partial charge is 0.0563 e. The van der Waals surface area contributed by atoms with Crippen molar-refractivity contribution in [1.29, 1.82) is 0 Å². The maximum Gasteiger partial charge on any atom is 0.0563 e. The topological polar surface area (TPSA) is 17.1 Å². The molecule has 1 nitrogen and oxygen atoms in total. The molecule has 112 valence electrons. The van der Waals surface area contributed by atoms with Gasteiger partial charge in [0, 0.05) is 10.2 Å². The van der Waals surface area contributed by atoms with E-state index in [0.717, 1.165) is 30.1 Å². The standard InChI is InChI=1S/C18H28OS/c1-13(14-8-6-5-7-9-14)20(19)16-12-15-10-11-18(16,4)17(15,2)3/h8,15-16H,1,5-7,9-12H2,2-4H3/t15-,16-,18+,20?/m0/s1. The summed E-state index contributed by atoms with van der Waals surface area (Å²) in [7, 11) is -0.886. The van der Waals surface area contributed by atoms with Gasteiger partial charge in [-0.25, -0.2) is 0 Å². The summed E-state index contributed by atoms with van der Waals surface area (Å²) < 4.78 is 13.1. The zero-order valence-electron chi connectivity index (χ0n) is 13.2. The van der Waals surface area contributed by atoms with Crippen LogP contribution in [-0.4, -0.2) is 9.46 Å². The van der Waals surface area contributed by atoms with E-state index >= 15 is 0 Å². The van der Waals surface area contributed by atoms with Crippen LogP contribution >= 0.6 is 0 Å². The van der Waals surface area contributed by atoms with E-state index in [-0.39, 0.29) is 5.41 Å². The first-order valence-corrected chi connectivity index (χ1v) is 9.38. The zero-order chi connectivity index (χ0) is 14.5. The molecule has 2 heteroatoms. The van der Waals surface area contributed by atoms with E-state index in [9.17, 15) is 4.21 Å². The quantitative estimate of drug-likeness (QED) is 0.718. The third-order valence-corrected chi connectivity index (χ3v) is 8.84. The Morgan fingerprint density at radius 1 is 1.35 bits per heavy atom. The van der Waals surface area contributed by atoms with E-state index in [1.165, 1.54) is 31.3 Å². The van der Waals surface area contributed by atoms with Crippen LogP contribution in [0.3, 0.4) is 0 Å². The Kier molecular flexibility index (Phi) is 3.52. The van der Waals surface area contributed by atoms with Crippen molar-refractivity contribution in [2.75, 3.05) is 0 Å². The molecule has 0 saturated heterocycles. The van der Waals surface area contributed by atoms with Crippen LogP contribution in [0.25, 0.3) is 0 Å². The number of hydrogen-bond acceptors (Lipinski definition) is 1. The van der Waals surface area contributed by atoms with Crippen molar-refractivity contribution in [2.24, 2.45) is 16.7 Å². The molecule has 2 bridgehead atoms. The maximum absolute atomic E-state index is 13.1. The third kappa shape index (κ3) is 1.90. The average molecular weight is 292 g/mol. The first-order valence-electron chi connectivity index (χ1n) is 8.17. The van der Waals surface area contributed by atoms with Crippen LogP contribution in [0.2, 0.25) is 0 Å². The van der Waals surface area contributed by atoms with Crippen LogP contribution in [-0.2, 0) is 10.8 Å². The fourth-order valence-electron chi connectivity index (χ4n) is 4.85. The van der Waals surface area contributed by atoms with Gasteiger partial charge in [0.05, 0.1) is 10.8 Å². The monoisotopic (exact) mass is 292 g/mol. The molecule has 3 aliphatic carbocycles. The van der Waals surface area contributed by atoms with Crippen LogP contribution < -0.4 is 0 Å². The van der Waals surface area contributed by atoms with Gasteiger partial charge in [0.15, 0.2) is 0 Å². The van der Waals surface area contributed by atoms with Gasteiger partial charge in [0.2, 0.25) is 0 Å². The van der Waals surface area contributed by atoms with Gasteiger partial charge in [-0.2, -0.15) is 0 Å². The lowest BCUT2D eigenvalue weighted by atomic mass is 9.71. The Morgan fingerprint density at radius 2 is 2.10 bits per heavy atom. The lowest BCUT2D eigenvalue weighted by Crippen LogP contribution is -2.38. The predicted octanol–water partition coefficient (Wildman–Crippen LogP) is 4.96. The molecule has 3 rings (SSSR count). The molecule has 0 aliphatic heterocycles. The largest absolute Gasteiger partial charge is 0.254 e. The molecule has 1 unspecified atom stereocenters. The molecule has 0 N–H and O–H groups in total. The molecule has 2 fully saturated rings. The predicted molar refractivity (Wildman–Crippen MR) is 86.9 cm³/mol. The van der Waals surface area contributed by atoms with Gasteiger partial charge in [0.1, 0.15) is 0 Å². The van der Waals surface area contributed by atoms with E-state index in [1.54, 1.807) is 0 Å². The van der Waals surface area contributed by atoms with Crippen molar-refractivity contribution in [2.45, 2.75) is 71.0 Å². The van der Waals surface area contributed by atoms with Gasteiger partial charge >= 0.3 is 0 Å². The van der Waals surface area contributed by atoms with Crippen molar-refractivity contribution in [3.63, 3.8) is 0 Å². The van der Waals surface area contributed by atoms with Crippen LogP contribution in [0, 0.1) is 16.7 Å². The Morgan fingerprint density at radius 3 is 2.60 bits per heavy atom. The number of allylic oxidation sites excluding steroid dienone is 2. The highest BCUT2D eigenvalue weighted by Gasteiger charge is 2.63. The summed E-state index contributed by atoms with van der Waals surface area (Å²) in [5.74, 6) is 0.759. The Labute approximate surface area is 126 Å². The molecule has 0 aromatic heterocycles. The Balaban J connectivity index is 1.82. The van der Waals surface area contributed by atoms with Crippen LogP contribution in [0.1, 0.15) is 65.7 Å². The fraction of sp³-hybridized carbons (Fsp3) is 0.778. The molecular formula is C18H28OS. The summed E-state index contributed by atoms with van der Waals surface area (Å²) in [6, 6.07) is 0. The summed E-state index contributed by atoms with van der Waals surface area (Å²) in [6.07, 6.45) is 10.7. The highest BCUT2D eigenvalue weighted by atomic mass is 32.2. The minimum atomic E-state index is -0.886. The first-order chi connectivity index (χ1) is 9.38. The van der Waals surface area contributed by atoms with Gasteiger partial charge < -0.3 is 0 Å². The molecule has 0 aromatic rings. The second-order valence-electron chi connectivity index (χ2n) is 7.79. The van der Waals surface area contributed by atoms with Gasteiger partial charge in [-0.1, -0.05) is 33.4 Å². The number of rotatable bonds is 3. The minimum absolute atomic E-state index is 0.237. The van der Waals surface area contributed by atoms with Gasteiger partial charge in [-0.05, 0) is 67.3 Å². The molecule has 4 atom stereocenters. The molecule has 20 heavy (non-hydrogen) atoms. The Hall–Kier alpha value is -0.370. The first kappa shape index (κ1) is 14.6. The van der Waals surface area contributed by atoms with Gasteiger partial charge in [-0.3, -0.25) is 4.21 Å². The third-order valence-electron chi connectivity index (χ3n) is 6.86. The summed E-state index contributed by atoms with van der Waals surface area (Å²) in [5.41, 5.74) is 1.87. The molecule has 0 spiro atoms. The Bertz CT molecular complexity index is 488. The van der Waals surface area contributed by atoms with E-state index in [1.807, 2.05) is 0 Å². The van der Waals surface area contributed by atoms with Crippen molar-refractivity contribution in [1.82, 2.24) is 0 Å². The molecule has 0 heterocycles. The van der Waals surface area contributed by atoms with Crippen LogP contribution in [0.15, 0.2) is 23.1 Å². The average Bonchev–Trinajstić information content (AvgIpc) is 2.79. The van der Waals surface area contributed by atoms with Crippen LogP contribution in [0.4, 0.5) is 0 Å². The van der Waals surface area contributed by atoms with Crippen molar-refractivity contribution < 1.29 is 4.21 Å². The van der Waals surface area contributed by atoms with Gasteiger partial charge in [-0.15, -0.1) is 0 Å². The lowest BCUT2D eigenvalue weighted by molar-refractivity contribution is 0.155. The normalized spacial score (nSPS) is 40.5. The lowest BCUT2D eigenvalue weighted by Gasteiger charge is -2.39. The fourth-order valence-corrected chi connectivity index (χ4v) is 6.93. The maximum atomic E-state index is 13.1. The van der Waals surface area contributed by atoms with E-state index in [0.29, 0.717) is 10.7 Å². The highest BCUT2D eigenvalue weighted by molar-refractivity contribution is 7.89. The second kappa shape index (κ2) is 4.83. The molecule has 0 radical (unpaired) electrons. The molecule has 2 saturated carbocycles. The van der Waals surface area contributed by atoms with Crippen molar-refractivity contribution in [3.8, 4) is 0 Å². The second-order valence-corrected chi connectivity index (χ2v) is 9.45. The molecule has 0 aromatic carbocycles. The van der Waals surface area contributed by atoms with Crippen molar-refractivity contribution in [3.05, 3.63) is 23.1 Å². The van der Waals surface area contributed by atoms with Crippen molar-refractivity contribution >= 4 is 10.8 Å². The highest BCUT2D eigenvalue weighted by Crippen LogP contribution is 2.67. The van der Waals surface area contributed by atoms with E-state index in [4.69, 9.17) is 0 Å². The summed E-state index contributed by atoms with van der Waals surface area (Å²) in [6.45, 7) is 11.4. The minimum Gasteiger partial charge on any atom is -0.254 e. The summed E-state index contributed by atoms with van der Waals surface area (Å²) >= 11 is 0. The molecular weight excluding hydrogens is 264 g/mol. The number of hydrogen-bond donors (Lipinski definition) is 0. The van der Waals surface area contributed by atoms with Crippen LogP contribution in [0.5, 0.6) is 0 Å². The zero-order valence-corrected chi connectivity index (χ0v) is 14.0. The van der Waals surface area contributed by atoms with Gasteiger partial charge in [0.25, 0.3) is 0 Å². The SMILES string of the molecule is C=C(C1=CCCCC1)S(=O)[C@H]1C[C@@H]2CC[C@@]1(C)C2(C)C. The van der Waals surface area contributed by atoms with E-state index < -0.39 is 10.8 Å². The number of fused-ring (bicyclic) bond motifs is 2.